The molecule has 1 saturated heterocycles. The number of anilines is 2. The van der Waals surface area contributed by atoms with Crippen LogP contribution in [0.4, 0.5) is 11.8 Å². The van der Waals surface area contributed by atoms with Crippen molar-refractivity contribution in [2.24, 2.45) is 0 Å². The molecule has 126 valence electrons. The molecule has 4 N–H and O–H groups in total. The van der Waals surface area contributed by atoms with Gasteiger partial charge in [-0.15, -0.1) is 12.4 Å². The van der Waals surface area contributed by atoms with Crippen LogP contribution in [0.2, 0.25) is 0 Å². The van der Waals surface area contributed by atoms with Gasteiger partial charge in [-0.05, 0) is 17.5 Å². The molecule has 11 nitrogen and oxygen atoms in total. The van der Waals surface area contributed by atoms with E-state index >= 15 is 0 Å². The number of amides is 1. The standard InChI is InChI=1S/C11H15N9O.ClH.H2O/c1-19-2-4-20(5-3-19)9-7-12-6-8(13-9)10(21)14-11-15-17-18-16-11;;/h6-7H,2-5H2,1H3,(H2,14,15,16,17,18,21);1H;1H2. The smallest absolute Gasteiger partial charge is 0.278 e. The van der Waals surface area contributed by atoms with Crippen LogP contribution in [0, 0.1) is 0 Å². The Balaban J connectivity index is 0.00000132. The van der Waals surface area contributed by atoms with Crippen LogP contribution < -0.4 is 10.2 Å². The van der Waals surface area contributed by atoms with Gasteiger partial charge in [0.25, 0.3) is 5.91 Å². The molecular weight excluding hydrogens is 326 g/mol. The second-order valence-corrected chi connectivity index (χ2v) is 4.76. The summed E-state index contributed by atoms with van der Waals surface area (Å²) in [6.07, 6.45) is 3.08. The molecule has 1 amide bonds. The zero-order chi connectivity index (χ0) is 14.7. The van der Waals surface area contributed by atoms with E-state index in [1.165, 1.54) is 6.20 Å². The number of likely N-dealkylation sites (N-methyl/N-ethyl adjacent to an activating group) is 1. The minimum Gasteiger partial charge on any atom is -0.412 e. The maximum absolute atomic E-state index is 12.0. The van der Waals surface area contributed by atoms with E-state index in [0.717, 1.165) is 26.2 Å². The van der Waals surface area contributed by atoms with Crippen molar-refractivity contribution in [3.63, 3.8) is 0 Å². The maximum Gasteiger partial charge on any atom is 0.278 e. The van der Waals surface area contributed by atoms with Crippen molar-refractivity contribution in [2.75, 3.05) is 43.4 Å². The Morgan fingerprint density at radius 1 is 1.26 bits per heavy atom. The molecule has 0 aliphatic carbocycles. The Kier molecular flexibility index (Phi) is 6.75. The van der Waals surface area contributed by atoms with Crippen molar-refractivity contribution in [3.05, 3.63) is 18.1 Å². The highest BCUT2D eigenvalue weighted by molar-refractivity contribution is 6.01. The van der Waals surface area contributed by atoms with Crippen LogP contribution in [-0.2, 0) is 0 Å². The number of hydrogen-bond acceptors (Lipinski definition) is 8. The van der Waals surface area contributed by atoms with E-state index in [-0.39, 0.29) is 29.5 Å². The fourth-order valence-electron chi connectivity index (χ4n) is 2.04. The number of halogens is 1. The SMILES string of the molecule is CN1CCN(c2cncc(C(=O)Nc3nnn[nH]3)n2)CC1.Cl.O. The Labute approximate surface area is 138 Å². The van der Waals surface area contributed by atoms with Gasteiger partial charge < -0.3 is 15.3 Å². The number of carbonyl (C=O) groups excluding carboxylic acids is 1. The molecule has 3 heterocycles. The second kappa shape index (κ2) is 8.31. The first-order chi connectivity index (χ1) is 10.2. The minimum atomic E-state index is -0.406. The van der Waals surface area contributed by atoms with Gasteiger partial charge in [0.2, 0.25) is 5.95 Å². The lowest BCUT2D eigenvalue weighted by molar-refractivity contribution is 0.102. The Bertz CT molecular complexity index is 616. The van der Waals surface area contributed by atoms with Gasteiger partial charge in [-0.1, -0.05) is 5.10 Å². The summed E-state index contributed by atoms with van der Waals surface area (Å²) in [7, 11) is 2.08. The van der Waals surface area contributed by atoms with Crippen LogP contribution in [0.3, 0.4) is 0 Å². The lowest BCUT2D eigenvalue weighted by atomic mass is 10.3. The van der Waals surface area contributed by atoms with E-state index in [2.05, 4.69) is 52.8 Å². The lowest BCUT2D eigenvalue weighted by Gasteiger charge is -2.33. The van der Waals surface area contributed by atoms with Crippen molar-refractivity contribution in [3.8, 4) is 0 Å². The van der Waals surface area contributed by atoms with Crippen molar-refractivity contribution in [1.29, 1.82) is 0 Å². The normalized spacial score (nSPS) is 14.6. The molecule has 0 unspecified atom stereocenters. The predicted molar refractivity (Wildman–Crippen MR) is 84.7 cm³/mol. The summed E-state index contributed by atoms with van der Waals surface area (Å²) in [6.45, 7) is 3.65. The van der Waals surface area contributed by atoms with E-state index in [0.29, 0.717) is 5.82 Å². The molecule has 1 aliphatic rings. The number of rotatable bonds is 3. The number of nitrogens with one attached hydrogen (secondary N) is 2. The van der Waals surface area contributed by atoms with Gasteiger partial charge in [-0.2, -0.15) is 0 Å². The van der Waals surface area contributed by atoms with Crippen molar-refractivity contribution >= 4 is 30.1 Å². The van der Waals surface area contributed by atoms with Crippen molar-refractivity contribution in [1.82, 2.24) is 35.5 Å². The van der Waals surface area contributed by atoms with Crippen LogP contribution in [0.25, 0.3) is 0 Å². The van der Waals surface area contributed by atoms with Gasteiger partial charge in [0.15, 0.2) is 0 Å². The van der Waals surface area contributed by atoms with Crippen LogP contribution >= 0.6 is 12.4 Å². The third kappa shape index (κ3) is 4.55. The number of carbonyl (C=O) groups is 1. The van der Waals surface area contributed by atoms with Crippen LogP contribution in [0.1, 0.15) is 10.5 Å². The number of aromatic nitrogens is 6. The molecule has 0 radical (unpaired) electrons. The molecule has 3 rings (SSSR count). The number of nitrogens with zero attached hydrogens (tertiary/aromatic N) is 7. The van der Waals surface area contributed by atoms with E-state index in [4.69, 9.17) is 0 Å². The van der Waals surface area contributed by atoms with Crippen molar-refractivity contribution < 1.29 is 10.3 Å². The zero-order valence-electron chi connectivity index (χ0n) is 12.4. The van der Waals surface area contributed by atoms with E-state index in [9.17, 15) is 4.79 Å². The minimum absolute atomic E-state index is 0. The topological polar surface area (TPSA) is 147 Å². The second-order valence-electron chi connectivity index (χ2n) is 4.76. The zero-order valence-corrected chi connectivity index (χ0v) is 13.2. The van der Waals surface area contributed by atoms with Crippen LogP contribution in [0.15, 0.2) is 12.4 Å². The average Bonchev–Trinajstić information content (AvgIpc) is 3.01. The molecule has 1 fully saturated rings. The Hall–Kier alpha value is -2.37. The van der Waals surface area contributed by atoms with Gasteiger partial charge >= 0.3 is 0 Å². The average molecular weight is 344 g/mol. The molecule has 0 aromatic carbocycles. The van der Waals surface area contributed by atoms with E-state index in [1.807, 2.05) is 0 Å². The molecule has 12 heteroatoms. The number of H-pyrrole nitrogens is 1. The first kappa shape index (κ1) is 18.7. The molecule has 23 heavy (non-hydrogen) atoms. The first-order valence-electron chi connectivity index (χ1n) is 6.53. The quantitative estimate of drug-likeness (QED) is 0.690. The highest BCUT2D eigenvalue weighted by atomic mass is 35.5. The van der Waals surface area contributed by atoms with Gasteiger partial charge in [-0.3, -0.25) is 15.1 Å². The molecule has 2 aromatic rings. The third-order valence-corrected chi connectivity index (χ3v) is 3.26. The van der Waals surface area contributed by atoms with Gasteiger partial charge in [0.1, 0.15) is 11.5 Å². The van der Waals surface area contributed by atoms with Gasteiger partial charge in [-0.25, -0.2) is 10.1 Å². The fraction of sp³-hybridized carbons (Fsp3) is 0.455. The van der Waals surface area contributed by atoms with E-state index in [1.54, 1.807) is 6.20 Å². The van der Waals surface area contributed by atoms with Crippen LogP contribution in [0.5, 0.6) is 0 Å². The summed E-state index contributed by atoms with van der Waals surface area (Å²) < 4.78 is 0. The Morgan fingerprint density at radius 2 is 2.00 bits per heavy atom. The van der Waals surface area contributed by atoms with E-state index < -0.39 is 5.91 Å². The summed E-state index contributed by atoms with van der Waals surface area (Å²) in [5.41, 5.74) is 0.225. The fourth-order valence-corrected chi connectivity index (χ4v) is 2.04. The van der Waals surface area contributed by atoms with Gasteiger partial charge in [0.05, 0.1) is 12.4 Å². The number of piperazine rings is 1. The van der Waals surface area contributed by atoms with Crippen LogP contribution in [-0.4, -0.2) is 80.1 Å². The first-order valence-corrected chi connectivity index (χ1v) is 6.53. The molecule has 0 atom stereocenters. The number of tetrazole rings is 1. The predicted octanol–water partition coefficient (Wildman–Crippen LogP) is -1.41. The maximum atomic E-state index is 12.0. The molecule has 1 aliphatic heterocycles. The summed E-state index contributed by atoms with van der Waals surface area (Å²) in [6, 6.07) is 0. The summed E-state index contributed by atoms with van der Waals surface area (Å²) >= 11 is 0. The van der Waals surface area contributed by atoms with Crippen molar-refractivity contribution in [2.45, 2.75) is 0 Å². The molecule has 0 spiro atoms. The van der Waals surface area contributed by atoms with Gasteiger partial charge in [0, 0.05) is 26.2 Å². The highest BCUT2D eigenvalue weighted by Gasteiger charge is 2.17. The monoisotopic (exact) mass is 343 g/mol. The largest absolute Gasteiger partial charge is 0.412 e. The molecule has 2 aromatic heterocycles. The molecular formula is C11H18ClN9O2. The molecule has 0 saturated carbocycles. The number of aromatic amines is 1. The summed E-state index contributed by atoms with van der Waals surface area (Å²) in [5.74, 6) is 0.468. The molecule has 0 bridgehead atoms. The highest BCUT2D eigenvalue weighted by Crippen LogP contribution is 2.12. The lowest BCUT2D eigenvalue weighted by Crippen LogP contribution is -2.45. The summed E-state index contributed by atoms with van der Waals surface area (Å²) in [4.78, 5) is 24.8. The third-order valence-electron chi connectivity index (χ3n) is 3.26. The summed E-state index contributed by atoms with van der Waals surface area (Å²) in [5, 5.41) is 15.3. The number of hydrogen-bond donors (Lipinski definition) is 2. The Morgan fingerprint density at radius 3 is 2.65 bits per heavy atom.